The summed E-state index contributed by atoms with van der Waals surface area (Å²) in [5.41, 5.74) is 13.4. The van der Waals surface area contributed by atoms with Gasteiger partial charge in [0.15, 0.2) is 5.78 Å². The highest BCUT2D eigenvalue weighted by Gasteiger charge is 2.47. The third kappa shape index (κ3) is 10.2. The first-order valence-corrected chi connectivity index (χ1v) is 23.2. The van der Waals surface area contributed by atoms with Crippen LogP contribution in [0.3, 0.4) is 0 Å². The minimum absolute atomic E-state index is 0.0109. The number of hydrogen-bond donors (Lipinski definition) is 5. The first-order valence-electron chi connectivity index (χ1n) is 23.2. The van der Waals surface area contributed by atoms with E-state index in [1.807, 2.05) is 6.92 Å². The molecule has 3 aromatic heterocycles. The first-order chi connectivity index (χ1) is 28.7. The number of aromatic nitrogens is 3. The lowest BCUT2D eigenvalue weighted by Crippen LogP contribution is -2.23. The summed E-state index contributed by atoms with van der Waals surface area (Å²) in [6.07, 6.45) is 23.7. The minimum atomic E-state index is -1.26. The Kier molecular flexibility index (Phi) is 15.1. The number of aromatic amines is 3. The normalized spacial score (nSPS) is 21.7. The van der Waals surface area contributed by atoms with Crippen molar-refractivity contribution in [2.75, 3.05) is 13.2 Å². The second-order valence-corrected chi connectivity index (χ2v) is 19.1. The van der Waals surface area contributed by atoms with Gasteiger partial charge in [0.25, 0.3) is 0 Å². The summed E-state index contributed by atoms with van der Waals surface area (Å²) in [5, 5.41) is 16.3. The highest BCUT2D eigenvalue weighted by molar-refractivity contribution is 6.24. The van der Waals surface area contributed by atoms with Crippen molar-refractivity contribution in [1.29, 1.82) is 0 Å². The number of carboxylic acid groups (broad SMARTS) is 1. The summed E-state index contributed by atoms with van der Waals surface area (Å²) in [4.78, 5) is 37.9. The number of carbonyl (C=O) groups excluding carboxylic acids is 1. The summed E-state index contributed by atoms with van der Waals surface area (Å²) < 4.78 is 6.16. The van der Waals surface area contributed by atoms with Crippen LogP contribution in [-0.4, -0.2) is 45.0 Å². The summed E-state index contributed by atoms with van der Waals surface area (Å²) in [7, 11) is 0. The molecule has 5 heterocycles. The molecule has 1 saturated heterocycles. The Labute approximate surface area is 359 Å². The van der Waals surface area contributed by atoms with E-state index in [0.29, 0.717) is 30.0 Å². The van der Waals surface area contributed by atoms with E-state index in [1.54, 1.807) is 0 Å². The summed E-state index contributed by atoms with van der Waals surface area (Å²) >= 11 is 0. The zero-order valence-corrected chi connectivity index (χ0v) is 38.5. The Hall–Kier alpha value is -4.30. The standard InChI is InChI=1S/C52H74N4O4/c1-11-40-36(9)43-28-42-35(8)34(7)41(54-42)27-39-26-38(49(53-39)47-48(52(58)59)51(57)46-37(10)44(56-50(46)47)29-45(40)55-43)22-15-24-60-25-23-33(6)21-14-20-32(5)19-13-18-31(4)17-12-16-30(2)3/h23,27-32,38,48,53-56H,11-22,24-26H2,1-10H3,(H,58,59)/b33-23+,39-27-,43-28-,45-29-,49-47-/t31-,32-,38+,48+/m1/s1. The van der Waals surface area contributed by atoms with Gasteiger partial charge >= 0.3 is 5.97 Å². The van der Waals surface area contributed by atoms with Crippen LogP contribution in [0.25, 0.3) is 23.8 Å². The number of H-pyrrole nitrogens is 3. The number of nitrogens with one attached hydrogen (secondary N) is 4. The van der Waals surface area contributed by atoms with E-state index in [-0.39, 0.29) is 11.7 Å². The maximum atomic E-state index is 14.1. The van der Waals surface area contributed by atoms with Crippen molar-refractivity contribution >= 4 is 35.6 Å². The molecule has 6 rings (SSSR count). The zero-order valence-electron chi connectivity index (χ0n) is 38.5. The summed E-state index contributed by atoms with van der Waals surface area (Å²) in [6.45, 7) is 23.5. The number of carbonyl (C=O) groups is 2. The SMILES string of the molecule is CCc1c(C)/c2[nH]/c1=C\c1[nH]c3c(c1C)C(=O)[C@@H](C(=O)O)/C3=C1/N/C(=C\c3[nH]c(c(C)c3C)\C=2)C[C@@H]1CCCOC/C=C(\C)CCC[C@H](C)CCC[C@H](C)CCCC(C)C. The fraction of sp³-hybridized carbons (Fsp3) is 0.577. The van der Waals surface area contributed by atoms with Gasteiger partial charge in [-0.2, -0.15) is 0 Å². The number of rotatable bonds is 20. The van der Waals surface area contributed by atoms with Crippen molar-refractivity contribution in [2.24, 2.45) is 29.6 Å². The number of Topliss-reactive ketones (excluding diaryl/α,β-unsaturated/α-hetero) is 1. The Bertz CT molecular complexity index is 2250. The van der Waals surface area contributed by atoms with Crippen LogP contribution in [-0.2, 0) is 16.0 Å². The molecular weight excluding hydrogens is 745 g/mol. The average molecular weight is 819 g/mol. The van der Waals surface area contributed by atoms with Crippen molar-refractivity contribution in [3.05, 3.63) is 89.9 Å². The van der Waals surface area contributed by atoms with Crippen LogP contribution >= 0.6 is 0 Å². The molecule has 0 aromatic carbocycles. The fourth-order valence-corrected chi connectivity index (χ4v) is 9.95. The largest absolute Gasteiger partial charge is 0.480 e. The minimum Gasteiger partial charge on any atom is -0.480 e. The smallest absolute Gasteiger partial charge is 0.319 e. The van der Waals surface area contributed by atoms with Gasteiger partial charge in [-0.25, -0.2) is 0 Å². The van der Waals surface area contributed by atoms with Crippen molar-refractivity contribution in [3.63, 3.8) is 0 Å². The quantitative estimate of drug-likeness (QED) is 0.0441. The van der Waals surface area contributed by atoms with Crippen LogP contribution in [0.4, 0.5) is 0 Å². The van der Waals surface area contributed by atoms with Gasteiger partial charge in [0.2, 0.25) is 0 Å². The van der Waals surface area contributed by atoms with Gasteiger partial charge in [0.1, 0.15) is 5.92 Å². The van der Waals surface area contributed by atoms with Gasteiger partial charge in [0, 0.05) is 62.8 Å². The molecule has 8 heteroatoms. The molecule has 60 heavy (non-hydrogen) atoms. The molecule has 3 aromatic rings. The lowest BCUT2D eigenvalue weighted by Gasteiger charge is -2.17. The van der Waals surface area contributed by atoms with Crippen LogP contribution in [0.1, 0.15) is 180 Å². The topological polar surface area (TPSA) is 123 Å². The van der Waals surface area contributed by atoms with Crippen LogP contribution in [0.15, 0.2) is 23.0 Å². The third-order valence-corrected chi connectivity index (χ3v) is 13.9. The molecule has 326 valence electrons. The monoisotopic (exact) mass is 819 g/mol. The van der Waals surface area contributed by atoms with E-state index in [4.69, 9.17) is 4.74 Å². The predicted octanol–water partition coefficient (Wildman–Crippen LogP) is 10.9. The van der Waals surface area contributed by atoms with Crippen LogP contribution in [0.2, 0.25) is 0 Å². The number of ketones is 1. The van der Waals surface area contributed by atoms with Crippen LogP contribution in [0.5, 0.6) is 0 Å². The van der Waals surface area contributed by atoms with Crippen LogP contribution < -0.4 is 16.0 Å². The fourth-order valence-electron chi connectivity index (χ4n) is 9.95. The Morgan fingerprint density at radius 1 is 0.817 bits per heavy atom. The van der Waals surface area contributed by atoms with Gasteiger partial charge in [-0.15, -0.1) is 0 Å². The summed E-state index contributed by atoms with van der Waals surface area (Å²) in [5.74, 6) is -0.264. The molecule has 5 N–H and O–H groups in total. The Balaban J connectivity index is 1.14. The molecule has 0 spiro atoms. The number of hydrogen-bond acceptors (Lipinski definition) is 4. The molecule has 0 saturated carbocycles. The Morgan fingerprint density at radius 3 is 2.12 bits per heavy atom. The molecule has 2 aliphatic heterocycles. The van der Waals surface area contributed by atoms with E-state index in [9.17, 15) is 14.7 Å². The highest BCUT2D eigenvalue weighted by Crippen LogP contribution is 2.46. The Morgan fingerprint density at radius 2 is 1.45 bits per heavy atom. The molecule has 8 nitrogen and oxygen atoms in total. The van der Waals surface area contributed by atoms with Crippen molar-refractivity contribution in [1.82, 2.24) is 20.3 Å². The molecule has 0 unspecified atom stereocenters. The second-order valence-electron chi connectivity index (χ2n) is 19.1. The average Bonchev–Trinajstić information content (AvgIpc) is 3.95. The molecular formula is C52H74N4O4. The van der Waals surface area contributed by atoms with Gasteiger partial charge in [0.05, 0.1) is 12.3 Å². The predicted molar refractivity (Wildman–Crippen MR) is 247 cm³/mol. The first kappa shape index (κ1) is 45.2. The summed E-state index contributed by atoms with van der Waals surface area (Å²) in [6, 6.07) is 0. The van der Waals surface area contributed by atoms with E-state index in [1.165, 1.54) is 79.2 Å². The number of carboxylic acids is 1. The highest BCUT2D eigenvalue weighted by atomic mass is 16.5. The molecule has 8 bridgehead atoms. The lowest BCUT2D eigenvalue weighted by atomic mass is 9.90. The van der Waals surface area contributed by atoms with Crippen molar-refractivity contribution in [2.45, 2.75) is 153 Å². The number of allylic oxidation sites excluding steroid dienone is 3. The van der Waals surface area contributed by atoms with E-state index < -0.39 is 11.9 Å². The van der Waals surface area contributed by atoms with Gasteiger partial charge in [-0.05, 0) is 137 Å². The second kappa shape index (κ2) is 20.0. The van der Waals surface area contributed by atoms with Gasteiger partial charge in [-0.3, -0.25) is 9.59 Å². The van der Waals surface area contributed by atoms with E-state index >= 15 is 0 Å². The molecule has 1 fully saturated rings. The maximum absolute atomic E-state index is 14.1. The number of aliphatic carboxylic acids is 1. The van der Waals surface area contributed by atoms with Crippen molar-refractivity contribution < 1.29 is 19.4 Å². The van der Waals surface area contributed by atoms with E-state index in [0.717, 1.165) is 94.6 Å². The zero-order chi connectivity index (χ0) is 43.2. The third-order valence-electron chi connectivity index (χ3n) is 13.9. The maximum Gasteiger partial charge on any atom is 0.319 e. The number of ether oxygens (including phenoxy) is 1. The van der Waals surface area contributed by atoms with Crippen LogP contribution in [0, 0.1) is 57.3 Å². The molecule has 1 aliphatic carbocycles. The lowest BCUT2D eigenvalue weighted by molar-refractivity contribution is -0.138. The van der Waals surface area contributed by atoms with Crippen molar-refractivity contribution in [3.8, 4) is 0 Å². The van der Waals surface area contributed by atoms with Gasteiger partial charge in [-0.1, -0.05) is 91.2 Å². The van der Waals surface area contributed by atoms with E-state index in [2.05, 4.69) is 107 Å². The molecule has 4 atom stereocenters. The number of fused-ring (bicyclic) bond motifs is 7. The molecule has 0 amide bonds. The van der Waals surface area contributed by atoms with Gasteiger partial charge < -0.3 is 30.1 Å². The molecule has 3 aliphatic rings. The molecule has 0 radical (unpaired) electrons.